The van der Waals surface area contributed by atoms with Crippen molar-refractivity contribution in [1.29, 1.82) is 0 Å². The van der Waals surface area contributed by atoms with Crippen LogP contribution < -0.4 is 5.32 Å². The van der Waals surface area contributed by atoms with Crippen molar-refractivity contribution in [2.24, 2.45) is 0 Å². The first-order valence-corrected chi connectivity index (χ1v) is 4.70. The van der Waals surface area contributed by atoms with Gasteiger partial charge in [0.2, 0.25) is 5.91 Å². The fraction of sp³-hybridized carbons (Fsp3) is 0.364. The van der Waals surface area contributed by atoms with Crippen LogP contribution in [-0.2, 0) is 19.1 Å². The smallest absolute Gasteiger partial charge is 0.247 e. The Kier molecular flexibility index (Phi) is 7.61. The van der Waals surface area contributed by atoms with Crippen molar-refractivity contribution >= 4 is 18.5 Å². The lowest BCUT2D eigenvalue weighted by molar-refractivity contribution is -0.126. The molecule has 0 fully saturated rings. The summed E-state index contributed by atoms with van der Waals surface area (Å²) in [6.07, 6.45) is 6.47. The Morgan fingerprint density at radius 2 is 2.12 bits per heavy atom. The second kappa shape index (κ2) is 8.55. The molecule has 0 aliphatic heterocycles. The van der Waals surface area contributed by atoms with E-state index in [9.17, 15) is 14.4 Å². The predicted molar refractivity (Wildman–Crippen MR) is 58.8 cm³/mol. The number of hydrogen-bond acceptors (Lipinski definition) is 4. The van der Waals surface area contributed by atoms with Gasteiger partial charge >= 0.3 is 0 Å². The van der Waals surface area contributed by atoms with Crippen LogP contribution in [0.4, 0.5) is 0 Å². The Morgan fingerprint density at radius 3 is 2.38 bits per heavy atom. The van der Waals surface area contributed by atoms with Crippen LogP contribution in [0.5, 0.6) is 0 Å². The average Bonchev–Trinajstić information content (AvgIpc) is 2.85. The van der Waals surface area contributed by atoms with Crippen molar-refractivity contribution in [2.75, 3.05) is 14.2 Å². The average molecular weight is 225 g/mol. The van der Waals surface area contributed by atoms with Gasteiger partial charge in [-0.2, -0.15) is 0 Å². The van der Waals surface area contributed by atoms with E-state index in [1.165, 1.54) is 7.11 Å². The molecule has 1 amide bonds. The molecular formula is C11H15NO4. The lowest BCUT2D eigenvalue weighted by atomic mass is 10.2. The number of hydrogen-bond donors (Lipinski definition) is 1. The van der Waals surface area contributed by atoms with Crippen LogP contribution in [0.1, 0.15) is 6.42 Å². The maximum atomic E-state index is 10.8. The first-order chi connectivity index (χ1) is 7.69. The summed E-state index contributed by atoms with van der Waals surface area (Å²) in [5.41, 5.74) is 0.845. The van der Waals surface area contributed by atoms with Gasteiger partial charge < -0.3 is 10.1 Å². The van der Waals surface area contributed by atoms with Crippen LogP contribution in [0, 0.1) is 0 Å². The second-order valence-electron chi connectivity index (χ2n) is 2.88. The molecule has 0 radical (unpaired) electrons. The van der Waals surface area contributed by atoms with E-state index in [0.717, 1.165) is 12.0 Å². The number of ether oxygens (including phenoxy) is 1. The largest absolute Gasteiger partial charge is 0.366 e. The molecule has 0 aromatic carbocycles. The molecule has 1 rings (SSSR count). The maximum absolute atomic E-state index is 10.8. The predicted octanol–water partition coefficient (Wildman–Crippen LogP) is 0.0179. The Hall–Kier alpha value is -1.75. The Bertz CT molecular complexity index is 299. The molecule has 0 saturated heterocycles. The first-order valence-electron chi connectivity index (χ1n) is 4.70. The molecule has 0 spiro atoms. The van der Waals surface area contributed by atoms with Crippen molar-refractivity contribution < 1.29 is 19.1 Å². The quantitative estimate of drug-likeness (QED) is 0.540. The molecule has 16 heavy (non-hydrogen) atoms. The maximum Gasteiger partial charge on any atom is 0.247 e. The molecule has 0 aromatic heterocycles. The molecule has 5 nitrogen and oxygen atoms in total. The highest BCUT2D eigenvalue weighted by Gasteiger charge is 2.05. The van der Waals surface area contributed by atoms with Gasteiger partial charge in [-0.3, -0.25) is 14.4 Å². The normalized spacial score (nSPS) is 12.6. The van der Waals surface area contributed by atoms with Crippen LogP contribution in [0.15, 0.2) is 23.8 Å². The molecule has 5 heteroatoms. The minimum atomic E-state index is -0.875. The number of nitrogens with one attached hydrogen (secondary N) is 1. The minimum absolute atomic E-state index is 0.0278. The summed E-state index contributed by atoms with van der Waals surface area (Å²) in [6.45, 7) is 0. The van der Waals surface area contributed by atoms with Crippen LogP contribution in [0.3, 0.4) is 0 Å². The van der Waals surface area contributed by atoms with Gasteiger partial charge in [-0.1, -0.05) is 18.2 Å². The van der Waals surface area contributed by atoms with Crippen molar-refractivity contribution in [3.05, 3.63) is 23.8 Å². The number of aldehydes is 2. The van der Waals surface area contributed by atoms with Crippen LogP contribution in [0.25, 0.3) is 0 Å². The first kappa shape index (κ1) is 14.2. The summed E-state index contributed by atoms with van der Waals surface area (Å²) >= 11 is 0. The van der Waals surface area contributed by atoms with Crippen molar-refractivity contribution in [2.45, 2.75) is 12.5 Å². The Morgan fingerprint density at radius 1 is 1.50 bits per heavy atom. The summed E-state index contributed by atoms with van der Waals surface area (Å²) < 4.78 is 4.31. The SMILES string of the molecule is CNC(=O)C1=CC=CC1.COC(C=O)C=O. The fourth-order valence-electron chi connectivity index (χ4n) is 0.919. The van der Waals surface area contributed by atoms with E-state index in [-0.39, 0.29) is 5.91 Å². The van der Waals surface area contributed by atoms with Crippen molar-refractivity contribution in [3.63, 3.8) is 0 Å². The Balaban J connectivity index is 0.000000293. The lowest BCUT2D eigenvalue weighted by Crippen LogP contribution is -2.18. The van der Waals surface area contributed by atoms with Gasteiger partial charge in [0.05, 0.1) is 0 Å². The van der Waals surface area contributed by atoms with Gasteiger partial charge in [-0.25, -0.2) is 0 Å². The van der Waals surface area contributed by atoms with Crippen LogP contribution in [-0.4, -0.2) is 38.7 Å². The number of carbonyl (C=O) groups is 3. The number of methoxy groups -OCH3 is 1. The summed E-state index contributed by atoms with van der Waals surface area (Å²) in [7, 11) is 2.94. The summed E-state index contributed by atoms with van der Waals surface area (Å²) in [6, 6.07) is 0. The van der Waals surface area contributed by atoms with E-state index in [0.29, 0.717) is 12.6 Å². The van der Waals surface area contributed by atoms with E-state index in [1.807, 2.05) is 18.2 Å². The van der Waals surface area contributed by atoms with Gasteiger partial charge in [-0.05, 0) is 6.42 Å². The molecule has 0 unspecified atom stereocenters. The molecule has 0 bridgehead atoms. The molecule has 0 aromatic rings. The third-order valence-electron chi connectivity index (χ3n) is 1.83. The molecular weight excluding hydrogens is 210 g/mol. The summed E-state index contributed by atoms with van der Waals surface area (Å²) in [5, 5.41) is 2.56. The van der Waals surface area contributed by atoms with Crippen molar-refractivity contribution in [3.8, 4) is 0 Å². The van der Waals surface area contributed by atoms with E-state index < -0.39 is 6.10 Å². The number of carbonyl (C=O) groups excluding carboxylic acids is 3. The third kappa shape index (κ3) is 5.21. The monoisotopic (exact) mass is 225 g/mol. The third-order valence-corrected chi connectivity index (χ3v) is 1.83. The standard InChI is InChI=1S/C7H9NO.C4H6O3/c1-8-7(9)6-4-2-3-5-6;1-7-4(2-5)3-6/h2-4H,5H2,1H3,(H,8,9);2-4H,1H3. The van der Waals surface area contributed by atoms with E-state index in [1.54, 1.807) is 7.05 Å². The molecule has 1 aliphatic rings. The topological polar surface area (TPSA) is 72.5 Å². The van der Waals surface area contributed by atoms with Crippen molar-refractivity contribution in [1.82, 2.24) is 5.32 Å². The number of rotatable bonds is 4. The molecule has 0 saturated carbocycles. The van der Waals surface area contributed by atoms with Gasteiger partial charge in [0.1, 0.15) is 0 Å². The molecule has 0 atom stereocenters. The summed E-state index contributed by atoms with van der Waals surface area (Å²) in [5.74, 6) is 0.0278. The molecule has 88 valence electrons. The highest BCUT2D eigenvalue weighted by molar-refractivity contribution is 5.94. The fourth-order valence-corrected chi connectivity index (χ4v) is 0.919. The Labute approximate surface area is 94.2 Å². The molecule has 0 heterocycles. The van der Waals surface area contributed by atoms with Gasteiger partial charge in [-0.15, -0.1) is 0 Å². The highest BCUT2D eigenvalue weighted by atomic mass is 16.5. The van der Waals surface area contributed by atoms with Gasteiger partial charge in [0.15, 0.2) is 18.7 Å². The van der Waals surface area contributed by atoms with Gasteiger partial charge in [0.25, 0.3) is 0 Å². The highest BCUT2D eigenvalue weighted by Crippen LogP contribution is 2.08. The van der Waals surface area contributed by atoms with Crippen LogP contribution in [0.2, 0.25) is 0 Å². The zero-order chi connectivity index (χ0) is 12.4. The van der Waals surface area contributed by atoms with E-state index >= 15 is 0 Å². The number of likely N-dealkylation sites (N-methyl/N-ethyl adjacent to an activating group) is 1. The van der Waals surface area contributed by atoms with E-state index in [2.05, 4.69) is 10.1 Å². The zero-order valence-corrected chi connectivity index (χ0v) is 9.30. The van der Waals surface area contributed by atoms with Crippen LogP contribution >= 0.6 is 0 Å². The summed E-state index contributed by atoms with van der Waals surface area (Å²) in [4.78, 5) is 30.0. The van der Waals surface area contributed by atoms with E-state index in [4.69, 9.17) is 0 Å². The molecule has 1 N–H and O–H groups in total. The van der Waals surface area contributed by atoms with Gasteiger partial charge in [0, 0.05) is 19.7 Å². The number of allylic oxidation sites excluding steroid dienone is 3. The number of amides is 1. The minimum Gasteiger partial charge on any atom is -0.366 e. The molecule has 1 aliphatic carbocycles. The second-order valence-corrected chi connectivity index (χ2v) is 2.88. The zero-order valence-electron chi connectivity index (χ0n) is 9.30. The lowest BCUT2D eigenvalue weighted by Gasteiger charge is -1.96.